The predicted octanol–water partition coefficient (Wildman–Crippen LogP) is 1.65. The van der Waals surface area contributed by atoms with Crippen molar-refractivity contribution in [2.75, 3.05) is 32.7 Å². The molecule has 25 heavy (non-hydrogen) atoms. The molecule has 3 aliphatic rings. The van der Waals surface area contributed by atoms with E-state index < -0.39 is 0 Å². The van der Waals surface area contributed by atoms with Gasteiger partial charge in [-0.25, -0.2) is 4.99 Å². The first kappa shape index (κ1) is 16.8. The predicted molar refractivity (Wildman–Crippen MR) is 96.2 cm³/mol. The standard InChI is InChI=1S/C18H30N6O/c1-3-19-18(20-12-17-21-13(2)25-22-17)24-8-6-23(7-9-24)16-11-14-4-5-15(16)10-14/h14-16H,3-12H2,1-2H3,(H,19,20)/t14-,15-,16-/m0/s1. The molecule has 7 nitrogen and oxygen atoms in total. The van der Waals surface area contributed by atoms with E-state index in [1.165, 1.54) is 25.7 Å². The molecule has 4 rings (SSSR count). The number of nitrogens with one attached hydrogen (secondary N) is 1. The van der Waals surface area contributed by atoms with E-state index in [-0.39, 0.29) is 0 Å². The summed E-state index contributed by atoms with van der Waals surface area (Å²) in [4.78, 5) is 14.1. The van der Waals surface area contributed by atoms with Crippen molar-refractivity contribution < 1.29 is 4.52 Å². The van der Waals surface area contributed by atoms with Crippen LogP contribution in [0.4, 0.5) is 0 Å². The molecule has 2 heterocycles. The fraction of sp³-hybridized carbons (Fsp3) is 0.833. The van der Waals surface area contributed by atoms with Gasteiger partial charge in [-0.15, -0.1) is 0 Å². The number of hydrogen-bond donors (Lipinski definition) is 1. The monoisotopic (exact) mass is 346 g/mol. The Kier molecular flexibility index (Phi) is 4.92. The van der Waals surface area contributed by atoms with E-state index in [1.807, 2.05) is 0 Å². The van der Waals surface area contributed by atoms with Gasteiger partial charge in [0.15, 0.2) is 11.8 Å². The molecule has 0 amide bonds. The number of aliphatic imine (C=N–C) groups is 1. The van der Waals surface area contributed by atoms with E-state index in [0.717, 1.165) is 56.6 Å². The molecule has 1 saturated heterocycles. The lowest BCUT2D eigenvalue weighted by molar-refractivity contribution is 0.0958. The van der Waals surface area contributed by atoms with Gasteiger partial charge in [-0.1, -0.05) is 11.6 Å². The van der Waals surface area contributed by atoms with Gasteiger partial charge in [0.1, 0.15) is 6.54 Å². The Bertz CT molecular complexity index is 606. The molecule has 3 atom stereocenters. The van der Waals surface area contributed by atoms with Crippen molar-refractivity contribution in [1.29, 1.82) is 0 Å². The van der Waals surface area contributed by atoms with Gasteiger partial charge in [0, 0.05) is 45.7 Å². The highest BCUT2D eigenvalue weighted by molar-refractivity contribution is 5.80. The van der Waals surface area contributed by atoms with Gasteiger partial charge in [0.2, 0.25) is 5.89 Å². The zero-order valence-electron chi connectivity index (χ0n) is 15.4. The van der Waals surface area contributed by atoms with Crippen molar-refractivity contribution in [3.05, 3.63) is 11.7 Å². The van der Waals surface area contributed by atoms with Crippen LogP contribution in [-0.4, -0.2) is 64.7 Å². The number of rotatable bonds is 4. The maximum absolute atomic E-state index is 5.03. The average molecular weight is 346 g/mol. The van der Waals surface area contributed by atoms with E-state index in [9.17, 15) is 0 Å². The minimum absolute atomic E-state index is 0.465. The molecule has 0 spiro atoms. The van der Waals surface area contributed by atoms with Gasteiger partial charge in [0.25, 0.3) is 0 Å². The maximum Gasteiger partial charge on any atom is 0.223 e. The van der Waals surface area contributed by atoms with Crippen molar-refractivity contribution in [2.45, 2.75) is 52.1 Å². The summed E-state index contributed by atoms with van der Waals surface area (Å²) in [6.07, 6.45) is 5.87. The number of guanidine groups is 1. The van der Waals surface area contributed by atoms with Gasteiger partial charge < -0.3 is 14.7 Å². The van der Waals surface area contributed by atoms with Crippen LogP contribution >= 0.6 is 0 Å². The third kappa shape index (κ3) is 3.66. The molecule has 2 saturated carbocycles. The van der Waals surface area contributed by atoms with Gasteiger partial charge in [0.05, 0.1) is 0 Å². The third-order valence-electron chi connectivity index (χ3n) is 6.06. The van der Waals surface area contributed by atoms with Crippen molar-refractivity contribution in [1.82, 2.24) is 25.3 Å². The zero-order valence-corrected chi connectivity index (χ0v) is 15.4. The van der Waals surface area contributed by atoms with Crippen molar-refractivity contribution in [3.63, 3.8) is 0 Å². The lowest BCUT2D eigenvalue weighted by Gasteiger charge is -2.41. The average Bonchev–Trinajstić information content (AvgIpc) is 3.36. The summed E-state index contributed by atoms with van der Waals surface area (Å²) in [5, 5.41) is 7.34. The summed E-state index contributed by atoms with van der Waals surface area (Å²) in [7, 11) is 0. The summed E-state index contributed by atoms with van der Waals surface area (Å²) < 4.78 is 5.03. The Hall–Kier alpha value is -1.63. The molecule has 7 heteroatoms. The fourth-order valence-corrected chi connectivity index (χ4v) is 4.90. The number of hydrogen-bond acceptors (Lipinski definition) is 5. The topological polar surface area (TPSA) is 69.8 Å². The molecule has 138 valence electrons. The van der Waals surface area contributed by atoms with E-state index in [1.54, 1.807) is 6.92 Å². The zero-order chi connectivity index (χ0) is 17.2. The minimum Gasteiger partial charge on any atom is -0.357 e. The second kappa shape index (κ2) is 7.32. The molecule has 1 aliphatic heterocycles. The molecule has 2 bridgehead atoms. The molecule has 0 unspecified atom stereocenters. The van der Waals surface area contributed by atoms with Crippen molar-refractivity contribution in [2.24, 2.45) is 16.8 Å². The van der Waals surface area contributed by atoms with Crippen LogP contribution in [0.2, 0.25) is 0 Å². The van der Waals surface area contributed by atoms with Crippen LogP contribution in [0.25, 0.3) is 0 Å². The van der Waals surface area contributed by atoms with Gasteiger partial charge in [-0.3, -0.25) is 4.90 Å². The minimum atomic E-state index is 0.465. The SMILES string of the molecule is CCNC(=NCc1noc(C)n1)N1CCN([C@H]2C[C@H]3CC[C@H]2C3)CC1. The Morgan fingerprint density at radius 1 is 1.24 bits per heavy atom. The van der Waals surface area contributed by atoms with Crippen LogP contribution < -0.4 is 5.32 Å². The Morgan fingerprint density at radius 3 is 2.68 bits per heavy atom. The van der Waals surface area contributed by atoms with Crippen LogP contribution in [0.3, 0.4) is 0 Å². The quantitative estimate of drug-likeness (QED) is 0.660. The van der Waals surface area contributed by atoms with E-state index in [2.05, 4.69) is 32.2 Å². The summed E-state index contributed by atoms with van der Waals surface area (Å²) in [6, 6.07) is 0.850. The van der Waals surface area contributed by atoms with Crippen LogP contribution in [0, 0.1) is 18.8 Å². The largest absolute Gasteiger partial charge is 0.357 e. The lowest BCUT2D eigenvalue weighted by atomic mass is 9.93. The van der Waals surface area contributed by atoms with Crippen molar-refractivity contribution >= 4 is 5.96 Å². The highest BCUT2D eigenvalue weighted by Gasteiger charge is 2.42. The molecule has 1 aromatic rings. The number of nitrogens with zero attached hydrogens (tertiary/aromatic N) is 5. The van der Waals surface area contributed by atoms with Gasteiger partial charge in [-0.2, -0.15) is 4.98 Å². The molecule has 0 aromatic carbocycles. The first-order chi connectivity index (χ1) is 12.2. The highest BCUT2D eigenvalue weighted by Crippen LogP contribution is 2.46. The molecule has 3 fully saturated rings. The van der Waals surface area contributed by atoms with Crippen LogP contribution in [-0.2, 0) is 6.54 Å². The second-order valence-electron chi connectivity index (χ2n) is 7.67. The molecule has 1 aromatic heterocycles. The van der Waals surface area contributed by atoms with E-state index in [4.69, 9.17) is 9.52 Å². The van der Waals surface area contributed by atoms with Crippen LogP contribution in [0.15, 0.2) is 9.52 Å². The summed E-state index contributed by atoms with van der Waals surface area (Å²) in [5.74, 6) is 4.20. The molecule has 2 aliphatic carbocycles. The summed E-state index contributed by atoms with van der Waals surface area (Å²) in [6.45, 7) is 9.65. The van der Waals surface area contributed by atoms with E-state index in [0.29, 0.717) is 18.3 Å². The smallest absolute Gasteiger partial charge is 0.223 e. The van der Waals surface area contributed by atoms with Crippen LogP contribution in [0.1, 0.15) is 44.3 Å². The molecular formula is C18H30N6O. The maximum atomic E-state index is 5.03. The third-order valence-corrected chi connectivity index (χ3v) is 6.06. The number of fused-ring (bicyclic) bond motifs is 2. The van der Waals surface area contributed by atoms with Crippen molar-refractivity contribution in [3.8, 4) is 0 Å². The van der Waals surface area contributed by atoms with Crippen LogP contribution in [0.5, 0.6) is 0 Å². The summed E-state index contributed by atoms with van der Waals surface area (Å²) >= 11 is 0. The second-order valence-corrected chi connectivity index (χ2v) is 7.67. The first-order valence-electron chi connectivity index (χ1n) is 9.79. The summed E-state index contributed by atoms with van der Waals surface area (Å²) in [5.41, 5.74) is 0. The fourth-order valence-electron chi connectivity index (χ4n) is 4.90. The van der Waals surface area contributed by atoms with Gasteiger partial charge in [-0.05, 0) is 38.0 Å². The number of aromatic nitrogens is 2. The Morgan fingerprint density at radius 2 is 2.08 bits per heavy atom. The first-order valence-corrected chi connectivity index (χ1v) is 9.79. The normalized spacial score (nSPS) is 30.2. The lowest BCUT2D eigenvalue weighted by Crippen LogP contribution is -2.55. The molecule has 0 radical (unpaired) electrons. The highest BCUT2D eigenvalue weighted by atomic mass is 16.5. The number of piperazine rings is 1. The van der Waals surface area contributed by atoms with Gasteiger partial charge >= 0.3 is 0 Å². The Labute approximate surface area is 149 Å². The van der Waals surface area contributed by atoms with E-state index >= 15 is 0 Å². The molecular weight excluding hydrogens is 316 g/mol. The Balaban J connectivity index is 1.33. The number of aryl methyl sites for hydroxylation is 1. The molecule has 1 N–H and O–H groups in total.